The van der Waals surface area contributed by atoms with Gasteiger partial charge in [-0.2, -0.15) is 0 Å². The molecule has 0 bridgehead atoms. The van der Waals surface area contributed by atoms with Crippen LogP contribution in [0.15, 0.2) is 33.8 Å². The van der Waals surface area contributed by atoms with E-state index in [9.17, 15) is 8.42 Å². The molecule has 0 aliphatic carbocycles. The molecular formula is C25H36MoN4O4S. The molecule has 192 valence electrons. The van der Waals surface area contributed by atoms with Crippen molar-refractivity contribution in [2.45, 2.75) is 38.1 Å². The second-order valence-corrected chi connectivity index (χ2v) is 12.1. The average Bonchev–Trinajstić information content (AvgIpc) is 3.53. The van der Waals surface area contributed by atoms with Gasteiger partial charge in [-0.15, -0.1) is 0 Å². The third kappa shape index (κ3) is 6.70. The van der Waals surface area contributed by atoms with E-state index in [1.165, 1.54) is 36.5 Å². The first-order chi connectivity index (χ1) is 16.8. The molecule has 1 aromatic heterocycles. The molecular weight excluding hydrogens is 548 g/mol. The number of hydrogen-bond donors (Lipinski definition) is 1. The summed E-state index contributed by atoms with van der Waals surface area (Å²) >= 11 is 2.03. The normalized spacial score (nSPS) is 18.3. The summed E-state index contributed by atoms with van der Waals surface area (Å²) in [6.45, 7) is 12.6. The van der Waals surface area contributed by atoms with Crippen LogP contribution in [0.5, 0.6) is 5.75 Å². The molecule has 2 saturated heterocycles. The number of rotatable bonds is 10. The zero-order valence-corrected chi connectivity index (χ0v) is 23.7. The van der Waals surface area contributed by atoms with Gasteiger partial charge in [0.25, 0.3) is 0 Å². The molecule has 2 fully saturated rings. The minimum absolute atomic E-state index is 0.103. The average molecular weight is 585 g/mol. The molecule has 0 atom stereocenters. The van der Waals surface area contributed by atoms with Gasteiger partial charge in [0.05, 0.1) is 7.11 Å². The minimum atomic E-state index is -3.69. The zero-order valence-electron chi connectivity index (χ0n) is 20.9. The van der Waals surface area contributed by atoms with Crippen LogP contribution in [0.4, 0.5) is 0 Å². The first-order valence-electron chi connectivity index (χ1n) is 12.2. The summed E-state index contributed by atoms with van der Waals surface area (Å²) in [4.78, 5) is 7.82. The molecule has 1 N–H and O–H groups in total. The van der Waals surface area contributed by atoms with Crippen LogP contribution in [0, 0.1) is 13.8 Å². The molecule has 0 unspecified atom stereocenters. The van der Waals surface area contributed by atoms with Crippen molar-refractivity contribution in [3.8, 4) is 5.75 Å². The second-order valence-electron chi connectivity index (χ2n) is 9.40. The Balaban J connectivity index is 1.29. The van der Waals surface area contributed by atoms with Crippen molar-refractivity contribution >= 4 is 14.0 Å². The Kier molecular flexibility index (Phi) is 9.00. The Morgan fingerprint density at radius 3 is 2.20 bits per heavy atom. The Labute approximate surface area is 220 Å². The number of aryl methyl sites for hydroxylation is 2. The number of benzene rings is 1. The van der Waals surface area contributed by atoms with E-state index in [2.05, 4.69) is 19.4 Å². The Morgan fingerprint density at radius 2 is 1.60 bits per heavy atom. The predicted octanol–water partition coefficient (Wildman–Crippen LogP) is 2.12. The van der Waals surface area contributed by atoms with Crippen molar-refractivity contribution in [1.29, 1.82) is 0 Å². The number of piperazine rings is 1. The Morgan fingerprint density at radius 1 is 1.00 bits per heavy atom. The summed E-state index contributed by atoms with van der Waals surface area (Å²) in [5, 5.41) is 0. The number of sulfonamides is 1. The van der Waals surface area contributed by atoms with E-state index < -0.39 is 10.0 Å². The van der Waals surface area contributed by atoms with Crippen molar-refractivity contribution in [1.82, 2.24) is 19.4 Å². The molecule has 2 aliphatic rings. The van der Waals surface area contributed by atoms with Crippen LogP contribution in [0.2, 0.25) is 0 Å². The van der Waals surface area contributed by atoms with Gasteiger partial charge in [0.15, 0.2) is 0 Å². The monoisotopic (exact) mass is 586 g/mol. The van der Waals surface area contributed by atoms with Crippen molar-refractivity contribution < 1.29 is 36.9 Å². The SMILES string of the molecule is COc1cc(C)c(S(=O)(=O)NCc2cc([C](=[Mo])N3CCN(CCN4CCCC4)CC3)co2)c(C)c1. The summed E-state index contributed by atoms with van der Waals surface area (Å²) in [7, 11) is -2.11. The van der Waals surface area contributed by atoms with Gasteiger partial charge in [-0.05, 0) is 0 Å². The number of furan rings is 1. The molecule has 35 heavy (non-hydrogen) atoms. The third-order valence-corrected chi connectivity index (χ3v) is 9.79. The predicted molar refractivity (Wildman–Crippen MR) is 133 cm³/mol. The van der Waals surface area contributed by atoms with Crippen LogP contribution in [0.3, 0.4) is 0 Å². The zero-order chi connectivity index (χ0) is 25.0. The molecule has 8 nitrogen and oxygen atoms in total. The summed E-state index contributed by atoms with van der Waals surface area (Å²) in [6.07, 6.45) is 4.42. The van der Waals surface area contributed by atoms with Gasteiger partial charge in [-0.1, -0.05) is 0 Å². The third-order valence-electron chi connectivity index (χ3n) is 6.87. The maximum atomic E-state index is 13.0. The van der Waals surface area contributed by atoms with Crippen LogP contribution >= 0.6 is 0 Å². The molecule has 2 aromatic rings. The fourth-order valence-electron chi connectivity index (χ4n) is 4.92. The van der Waals surface area contributed by atoms with Gasteiger partial charge in [0, 0.05) is 0 Å². The van der Waals surface area contributed by atoms with E-state index in [4.69, 9.17) is 9.15 Å². The fraction of sp³-hybridized carbons (Fsp3) is 0.560. The molecule has 3 heterocycles. The van der Waals surface area contributed by atoms with Crippen LogP contribution in [0.25, 0.3) is 0 Å². The van der Waals surface area contributed by atoms with Gasteiger partial charge < -0.3 is 0 Å². The number of nitrogens with one attached hydrogen (secondary N) is 1. The topological polar surface area (TPSA) is 78.3 Å². The number of methoxy groups -OCH3 is 1. The maximum absolute atomic E-state index is 13.0. The van der Waals surface area contributed by atoms with E-state index in [0.717, 1.165) is 38.3 Å². The van der Waals surface area contributed by atoms with E-state index in [0.29, 0.717) is 22.6 Å². The number of ether oxygens (including phenoxy) is 1. The van der Waals surface area contributed by atoms with Crippen molar-refractivity contribution in [2.75, 3.05) is 59.5 Å². The number of hydrogen-bond acceptors (Lipinski definition) is 7. The Bertz CT molecular complexity index is 1110. The van der Waals surface area contributed by atoms with Crippen molar-refractivity contribution in [3.05, 3.63) is 46.9 Å². The van der Waals surface area contributed by atoms with E-state index in [-0.39, 0.29) is 11.4 Å². The first-order valence-corrected chi connectivity index (χ1v) is 14.7. The van der Waals surface area contributed by atoms with Crippen molar-refractivity contribution in [3.63, 3.8) is 0 Å². The van der Waals surface area contributed by atoms with Gasteiger partial charge in [0.2, 0.25) is 0 Å². The summed E-state index contributed by atoms with van der Waals surface area (Å²) in [5.74, 6) is 1.24. The van der Waals surface area contributed by atoms with Crippen LogP contribution in [-0.2, 0) is 35.9 Å². The Hall–Kier alpha value is -1.35. The van der Waals surface area contributed by atoms with E-state index in [1.54, 1.807) is 39.4 Å². The molecule has 4 rings (SSSR count). The molecule has 2 aliphatic heterocycles. The van der Waals surface area contributed by atoms with Crippen LogP contribution in [-0.4, -0.2) is 86.6 Å². The summed E-state index contributed by atoms with van der Waals surface area (Å²) in [6, 6.07) is 5.41. The quantitative estimate of drug-likeness (QED) is 0.429. The van der Waals surface area contributed by atoms with Gasteiger partial charge in [-0.3, -0.25) is 0 Å². The molecule has 1 aromatic carbocycles. The summed E-state index contributed by atoms with van der Waals surface area (Å²) < 4.78 is 40.8. The van der Waals surface area contributed by atoms with Gasteiger partial charge in [0.1, 0.15) is 0 Å². The summed E-state index contributed by atoms with van der Waals surface area (Å²) in [5.41, 5.74) is 2.31. The van der Waals surface area contributed by atoms with Gasteiger partial charge in [-0.25, -0.2) is 0 Å². The van der Waals surface area contributed by atoms with Crippen LogP contribution < -0.4 is 9.46 Å². The second kappa shape index (κ2) is 11.8. The molecule has 0 saturated carbocycles. The van der Waals surface area contributed by atoms with E-state index >= 15 is 0 Å². The fourth-order valence-corrected chi connectivity index (χ4v) is 7.08. The number of nitrogens with zero attached hydrogens (tertiary/aromatic N) is 3. The van der Waals surface area contributed by atoms with Gasteiger partial charge >= 0.3 is 214 Å². The number of likely N-dealkylation sites (tertiary alicyclic amines) is 1. The molecule has 10 heteroatoms. The van der Waals surface area contributed by atoms with E-state index in [1.807, 2.05) is 25.4 Å². The van der Waals surface area contributed by atoms with Crippen LogP contribution in [0.1, 0.15) is 35.3 Å². The van der Waals surface area contributed by atoms with Crippen molar-refractivity contribution in [2.24, 2.45) is 0 Å². The molecule has 0 radical (unpaired) electrons. The standard InChI is InChI=1S/C25H36N4O4S.Mo/c1-20-14-23(32-3)15-21(2)25(20)34(30,31)26-17-24-16-22(19-33-24)18-29-12-10-28(11-13-29)9-8-27-6-4-5-7-27;/h14-16,19,26H,4-13,17H2,1-3H3;. The molecule has 0 spiro atoms. The molecule has 0 amide bonds. The first kappa shape index (κ1) is 26.7.